The third-order valence-corrected chi connectivity index (χ3v) is 2.89. The molecule has 1 N–H and O–H groups in total. The predicted molar refractivity (Wildman–Crippen MR) is 75.8 cm³/mol. The average molecular weight is 258 g/mol. The van der Waals surface area contributed by atoms with Crippen molar-refractivity contribution < 1.29 is 9.47 Å². The fourth-order valence-corrected chi connectivity index (χ4v) is 1.89. The Bertz CT molecular complexity index is 556. The van der Waals surface area contributed by atoms with E-state index < -0.39 is 0 Å². The molecular formula is C15H18N2O2. The van der Waals surface area contributed by atoms with Crippen LogP contribution in [-0.2, 0) is 6.54 Å². The number of para-hydroxylation sites is 1. The molecule has 0 saturated heterocycles. The molecule has 0 aliphatic carbocycles. The van der Waals surface area contributed by atoms with Crippen LogP contribution in [0.15, 0.2) is 36.5 Å². The topological polar surface area (TPSA) is 43.4 Å². The highest BCUT2D eigenvalue weighted by atomic mass is 16.5. The molecule has 0 saturated carbocycles. The van der Waals surface area contributed by atoms with Gasteiger partial charge < -0.3 is 14.8 Å². The highest BCUT2D eigenvalue weighted by Gasteiger charge is 2.06. The van der Waals surface area contributed by atoms with Gasteiger partial charge in [-0.1, -0.05) is 18.2 Å². The first-order chi connectivity index (χ1) is 9.24. The molecule has 2 aromatic rings. The van der Waals surface area contributed by atoms with E-state index in [9.17, 15) is 0 Å². The summed E-state index contributed by atoms with van der Waals surface area (Å²) in [4.78, 5) is 4.21. The molecule has 100 valence electrons. The number of aromatic nitrogens is 1. The van der Waals surface area contributed by atoms with Crippen molar-refractivity contribution in [3.8, 4) is 11.5 Å². The van der Waals surface area contributed by atoms with Crippen LogP contribution in [0.25, 0.3) is 0 Å². The van der Waals surface area contributed by atoms with Gasteiger partial charge in [0.05, 0.1) is 26.1 Å². The predicted octanol–water partition coefficient (Wildman–Crippen LogP) is 3.02. The highest BCUT2D eigenvalue weighted by molar-refractivity contribution is 5.56. The molecule has 0 unspecified atom stereocenters. The van der Waals surface area contributed by atoms with Crippen LogP contribution < -0.4 is 14.8 Å². The third kappa shape index (κ3) is 3.16. The maximum absolute atomic E-state index is 5.33. The second-order valence-electron chi connectivity index (χ2n) is 4.19. The molecule has 0 aliphatic rings. The van der Waals surface area contributed by atoms with Gasteiger partial charge in [0.2, 0.25) is 0 Å². The number of hydrogen-bond donors (Lipinski definition) is 1. The Morgan fingerprint density at radius 1 is 1.11 bits per heavy atom. The molecule has 1 heterocycles. The van der Waals surface area contributed by atoms with Crippen LogP contribution in [0.2, 0.25) is 0 Å². The van der Waals surface area contributed by atoms with Crippen molar-refractivity contribution in [2.45, 2.75) is 13.5 Å². The third-order valence-electron chi connectivity index (χ3n) is 2.89. The summed E-state index contributed by atoms with van der Waals surface area (Å²) in [6.07, 6.45) is 1.72. The Morgan fingerprint density at radius 2 is 1.84 bits per heavy atom. The number of nitrogens with one attached hydrogen (secondary N) is 1. The number of benzene rings is 1. The number of hydrogen-bond acceptors (Lipinski definition) is 4. The van der Waals surface area contributed by atoms with Crippen LogP contribution >= 0.6 is 0 Å². The molecule has 19 heavy (non-hydrogen) atoms. The Balaban J connectivity index is 2.16. The van der Waals surface area contributed by atoms with E-state index in [2.05, 4.69) is 10.3 Å². The lowest BCUT2D eigenvalue weighted by atomic mass is 10.2. The first kappa shape index (κ1) is 13.2. The van der Waals surface area contributed by atoms with Crippen molar-refractivity contribution in [3.63, 3.8) is 0 Å². The van der Waals surface area contributed by atoms with Gasteiger partial charge in [0, 0.05) is 17.8 Å². The van der Waals surface area contributed by atoms with Crippen molar-refractivity contribution in [1.29, 1.82) is 0 Å². The second kappa shape index (κ2) is 6.09. The van der Waals surface area contributed by atoms with Crippen molar-refractivity contribution in [2.24, 2.45) is 0 Å². The van der Waals surface area contributed by atoms with Crippen LogP contribution in [0.3, 0.4) is 0 Å². The van der Waals surface area contributed by atoms with E-state index in [0.717, 1.165) is 28.4 Å². The van der Waals surface area contributed by atoms with Crippen LogP contribution in [-0.4, -0.2) is 19.2 Å². The van der Waals surface area contributed by atoms with Gasteiger partial charge in [0.15, 0.2) is 5.75 Å². The van der Waals surface area contributed by atoms with E-state index in [0.29, 0.717) is 6.54 Å². The van der Waals surface area contributed by atoms with Crippen LogP contribution in [0.4, 0.5) is 5.69 Å². The molecule has 1 aromatic carbocycles. The van der Waals surface area contributed by atoms with Crippen molar-refractivity contribution >= 4 is 5.69 Å². The minimum atomic E-state index is 0.670. The van der Waals surface area contributed by atoms with Gasteiger partial charge in [-0.05, 0) is 19.1 Å². The largest absolute Gasteiger partial charge is 0.496 e. The maximum atomic E-state index is 5.33. The fourth-order valence-electron chi connectivity index (χ4n) is 1.89. The van der Waals surface area contributed by atoms with E-state index in [4.69, 9.17) is 9.47 Å². The molecule has 1 aromatic heterocycles. The maximum Gasteiger partial charge on any atom is 0.160 e. The number of rotatable bonds is 5. The van der Waals surface area contributed by atoms with Crippen LogP contribution in [0, 0.1) is 6.92 Å². The van der Waals surface area contributed by atoms with E-state index >= 15 is 0 Å². The van der Waals surface area contributed by atoms with Crippen molar-refractivity contribution in [2.75, 3.05) is 19.5 Å². The molecule has 0 atom stereocenters. The van der Waals surface area contributed by atoms with Gasteiger partial charge in [-0.15, -0.1) is 0 Å². The number of pyridine rings is 1. The average Bonchev–Trinajstić information content (AvgIpc) is 2.45. The molecule has 0 aliphatic heterocycles. The summed E-state index contributed by atoms with van der Waals surface area (Å²) < 4.78 is 10.6. The normalized spacial score (nSPS) is 10.1. The number of aryl methyl sites for hydroxylation is 1. The lowest BCUT2D eigenvalue weighted by Gasteiger charge is -2.13. The van der Waals surface area contributed by atoms with Gasteiger partial charge in [-0.2, -0.15) is 0 Å². The summed E-state index contributed by atoms with van der Waals surface area (Å²) in [6.45, 7) is 2.62. The lowest BCUT2D eigenvalue weighted by Crippen LogP contribution is -2.04. The van der Waals surface area contributed by atoms with E-state index in [-0.39, 0.29) is 0 Å². The summed E-state index contributed by atoms with van der Waals surface area (Å²) in [5.74, 6) is 1.61. The molecule has 0 amide bonds. The summed E-state index contributed by atoms with van der Waals surface area (Å²) in [5.41, 5.74) is 2.98. The van der Waals surface area contributed by atoms with Gasteiger partial charge in [0.1, 0.15) is 5.75 Å². The van der Waals surface area contributed by atoms with Gasteiger partial charge in [0.25, 0.3) is 0 Å². The zero-order valence-electron chi connectivity index (χ0n) is 11.4. The monoisotopic (exact) mass is 258 g/mol. The Kier molecular flexibility index (Phi) is 4.23. The summed E-state index contributed by atoms with van der Waals surface area (Å²) in [6, 6.07) is 9.90. The summed E-state index contributed by atoms with van der Waals surface area (Å²) >= 11 is 0. The molecule has 2 rings (SSSR count). The number of anilines is 1. The zero-order valence-corrected chi connectivity index (χ0v) is 11.4. The van der Waals surface area contributed by atoms with Gasteiger partial charge in [-0.3, -0.25) is 4.98 Å². The minimum absolute atomic E-state index is 0.670. The quantitative estimate of drug-likeness (QED) is 0.895. The number of nitrogens with zero attached hydrogens (tertiary/aromatic N) is 1. The Labute approximate surface area is 113 Å². The molecule has 4 heteroatoms. The SMILES string of the molecule is COc1ccccc1CNc1cc(C)ncc1OC. The van der Waals surface area contributed by atoms with Gasteiger partial charge >= 0.3 is 0 Å². The second-order valence-corrected chi connectivity index (χ2v) is 4.19. The highest BCUT2D eigenvalue weighted by Crippen LogP contribution is 2.25. The smallest absolute Gasteiger partial charge is 0.160 e. The molecule has 0 radical (unpaired) electrons. The summed E-state index contributed by atoms with van der Waals surface area (Å²) in [7, 11) is 3.32. The zero-order chi connectivity index (χ0) is 13.7. The number of ether oxygens (including phenoxy) is 2. The van der Waals surface area contributed by atoms with E-state index in [1.165, 1.54) is 0 Å². The lowest BCUT2D eigenvalue weighted by molar-refractivity contribution is 0.409. The number of methoxy groups -OCH3 is 2. The van der Waals surface area contributed by atoms with Crippen LogP contribution in [0.1, 0.15) is 11.3 Å². The standard InChI is InChI=1S/C15H18N2O2/c1-11-8-13(15(19-3)10-16-11)17-9-12-6-4-5-7-14(12)18-2/h4-8,10H,9H2,1-3H3,(H,16,17). The minimum Gasteiger partial charge on any atom is -0.496 e. The summed E-state index contributed by atoms with van der Waals surface area (Å²) in [5, 5.41) is 3.35. The van der Waals surface area contributed by atoms with E-state index in [1.54, 1.807) is 20.4 Å². The first-order valence-electron chi connectivity index (χ1n) is 6.11. The van der Waals surface area contributed by atoms with E-state index in [1.807, 2.05) is 37.3 Å². The molecule has 4 nitrogen and oxygen atoms in total. The molecule has 0 bridgehead atoms. The Hall–Kier alpha value is -2.23. The molecule has 0 spiro atoms. The fraction of sp³-hybridized carbons (Fsp3) is 0.267. The van der Waals surface area contributed by atoms with Crippen molar-refractivity contribution in [3.05, 3.63) is 47.8 Å². The first-order valence-corrected chi connectivity index (χ1v) is 6.11. The van der Waals surface area contributed by atoms with Gasteiger partial charge in [-0.25, -0.2) is 0 Å². The molecular weight excluding hydrogens is 240 g/mol. The molecule has 0 fully saturated rings. The van der Waals surface area contributed by atoms with Crippen LogP contribution in [0.5, 0.6) is 11.5 Å². The Morgan fingerprint density at radius 3 is 2.58 bits per heavy atom. The van der Waals surface area contributed by atoms with Crippen molar-refractivity contribution in [1.82, 2.24) is 4.98 Å².